The third kappa shape index (κ3) is 3.88. The van der Waals surface area contributed by atoms with E-state index in [9.17, 15) is 4.79 Å². The van der Waals surface area contributed by atoms with Crippen molar-refractivity contribution >= 4 is 17.2 Å². The molecule has 0 unspecified atom stereocenters. The van der Waals surface area contributed by atoms with Crippen molar-refractivity contribution in [2.75, 3.05) is 19.7 Å². The lowest BCUT2D eigenvalue weighted by Gasteiger charge is -2.17. The molecule has 17 heavy (non-hydrogen) atoms. The maximum Gasteiger partial charge on any atom is 0.254 e. The van der Waals surface area contributed by atoms with Crippen LogP contribution in [-0.2, 0) is 0 Å². The summed E-state index contributed by atoms with van der Waals surface area (Å²) in [6, 6.07) is 1.82. The Morgan fingerprint density at radius 3 is 2.76 bits per heavy atom. The van der Waals surface area contributed by atoms with Gasteiger partial charge in [0.05, 0.1) is 17.0 Å². The summed E-state index contributed by atoms with van der Waals surface area (Å²) in [6.45, 7) is 5.45. The van der Waals surface area contributed by atoms with Crippen LogP contribution in [0.25, 0.3) is 0 Å². The molecule has 1 aromatic rings. The Balaban J connectivity index is 2.74. The third-order valence-corrected chi connectivity index (χ3v) is 3.19. The Morgan fingerprint density at radius 2 is 2.18 bits per heavy atom. The minimum Gasteiger partial charge on any atom is -0.395 e. The Morgan fingerprint density at radius 1 is 1.47 bits per heavy atom. The topological polar surface area (TPSA) is 40.5 Å². The minimum atomic E-state index is 0.0569. The first-order valence-electron chi connectivity index (χ1n) is 5.70. The molecular weight excluding hydrogens is 234 g/mol. The fraction of sp³-hybridized carbons (Fsp3) is 0.462. The van der Waals surface area contributed by atoms with E-state index in [1.165, 1.54) is 11.3 Å². The maximum absolute atomic E-state index is 12.0. The SMILES string of the molecule is CCN(CC)C(=O)c1csc(C#CCCO)c1. The first-order chi connectivity index (χ1) is 8.22. The van der Waals surface area contributed by atoms with Gasteiger partial charge in [-0.3, -0.25) is 4.79 Å². The highest BCUT2D eigenvalue weighted by Crippen LogP contribution is 2.15. The van der Waals surface area contributed by atoms with Gasteiger partial charge >= 0.3 is 0 Å². The van der Waals surface area contributed by atoms with Crippen molar-refractivity contribution < 1.29 is 9.90 Å². The van der Waals surface area contributed by atoms with Gasteiger partial charge in [-0.05, 0) is 19.9 Å². The second-order valence-electron chi connectivity index (χ2n) is 3.45. The van der Waals surface area contributed by atoms with Crippen molar-refractivity contribution in [1.29, 1.82) is 0 Å². The zero-order valence-corrected chi connectivity index (χ0v) is 11.0. The Bertz CT molecular complexity index is 424. The van der Waals surface area contributed by atoms with Gasteiger partial charge in [-0.15, -0.1) is 11.3 Å². The summed E-state index contributed by atoms with van der Waals surface area (Å²) < 4.78 is 0. The van der Waals surface area contributed by atoms with Crippen LogP contribution in [0.2, 0.25) is 0 Å². The number of aliphatic hydroxyl groups is 1. The second-order valence-corrected chi connectivity index (χ2v) is 4.36. The third-order valence-electron chi connectivity index (χ3n) is 2.35. The molecule has 0 saturated heterocycles. The molecule has 3 nitrogen and oxygen atoms in total. The average molecular weight is 251 g/mol. The minimum absolute atomic E-state index is 0.0569. The molecule has 0 fully saturated rings. The van der Waals surface area contributed by atoms with Gasteiger partial charge in [-0.1, -0.05) is 11.8 Å². The van der Waals surface area contributed by atoms with E-state index >= 15 is 0 Å². The quantitative estimate of drug-likeness (QED) is 0.831. The van der Waals surface area contributed by atoms with E-state index in [0.29, 0.717) is 12.0 Å². The molecule has 1 heterocycles. The summed E-state index contributed by atoms with van der Waals surface area (Å²) in [6.07, 6.45) is 0.469. The second kappa shape index (κ2) is 7.10. The van der Waals surface area contributed by atoms with Crippen molar-refractivity contribution in [2.24, 2.45) is 0 Å². The molecule has 1 amide bonds. The zero-order valence-electron chi connectivity index (χ0n) is 10.2. The molecule has 0 spiro atoms. The van der Waals surface area contributed by atoms with Crippen LogP contribution in [0.3, 0.4) is 0 Å². The van der Waals surface area contributed by atoms with Gasteiger partial charge < -0.3 is 10.0 Å². The largest absolute Gasteiger partial charge is 0.395 e. The lowest BCUT2D eigenvalue weighted by Crippen LogP contribution is -2.30. The Hall–Kier alpha value is -1.31. The number of carbonyl (C=O) groups excluding carboxylic acids is 1. The van der Waals surface area contributed by atoms with Gasteiger partial charge in [0.15, 0.2) is 0 Å². The van der Waals surface area contributed by atoms with E-state index in [1.807, 2.05) is 25.3 Å². The van der Waals surface area contributed by atoms with Gasteiger partial charge in [0.2, 0.25) is 0 Å². The molecule has 0 aliphatic carbocycles. The van der Waals surface area contributed by atoms with Crippen LogP contribution in [0, 0.1) is 11.8 Å². The first kappa shape index (κ1) is 13.8. The van der Waals surface area contributed by atoms with E-state index in [4.69, 9.17) is 5.11 Å². The highest BCUT2D eigenvalue weighted by atomic mass is 32.1. The predicted octanol–water partition coefficient (Wildman–Crippen LogP) is 1.96. The van der Waals surface area contributed by atoms with Crippen molar-refractivity contribution in [3.8, 4) is 11.8 Å². The fourth-order valence-corrected chi connectivity index (χ4v) is 2.16. The van der Waals surface area contributed by atoms with Gasteiger partial charge in [0.1, 0.15) is 0 Å². The van der Waals surface area contributed by atoms with Crippen LogP contribution in [0.5, 0.6) is 0 Å². The average Bonchev–Trinajstić information content (AvgIpc) is 2.79. The molecule has 4 heteroatoms. The summed E-state index contributed by atoms with van der Waals surface area (Å²) in [5.74, 6) is 5.84. The number of carbonyl (C=O) groups is 1. The van der Waals surface area contributed by atoms with Crippen LogP contribution in [0.15, 0.2) is 11.4 Å². The predicted molar refractivity (Wildman–Crippen MR) is 70.2 cm³/mol. The molecule has 1 N–H and O–H groups in total. The van der Waals surface area contributed by atoms with E-state index in [1.54, 1.807) is 4.90 Å². The molecule has 0 saturated carbocycles. The normalized spacial score (nSPS) is 9.59. The molecule has 1 rings (SSSR count). The van der Waals surface area contributed by atoms with E-state index in [0.717, 1.165) is 18.0 Å². The molecule has 1 aromatic heterocycles. The fourth-order valence-electron chi connectivity index (χ4n) is 1.41. The summed E-state index contributed by atoms with van der Waals surface area (Å²) in [7, 11) is 0. The number of amides is 1. The number of hydrogen-bond acceptors (Lipinski definition) is 3. The van der Waals surface area contributed by atoms with E-state index in [-0.39, 0.29) is 12.5 Å². The van der Waals surface area contributed by atoms with Crippen molar-refractivity contribution in [1.82, 2.24) is 4.90 Å². The standard InChI is InChI=1S/C13H17NO2S/c1-3-14(4-2)13(16)11-9-12(17-10-11)7-5-6-8-15/h9-10,15H,3-4,6,8H2,1-2H3. The highest BCUT2D eigenvalue weighted by Gasteiger charge is 2.13. The highest BCUT2D eigenvalue weighted by molar-refractivity contribution is 7.10. The van der Waals surface area contributed by atoms with Crippen molar-refractivity contribution in [2.45, 2.75) is 20.3 Å². The van der Waals surface area contributed by atoms with Crippen LogP contribution >= 0.6 is 11.3 Å². The number of aliphatic hydroxyl groups excluding tert-OH is 1. The molecular formula is C13H17NO2S. The zero-order chi connectivity index (χ0) is 12.7. The monoisotopic (exact) mass is 251 g/mol. The van der Waals surface area contributed by atoms with Gasteiger partial charge in [-0.2, -0.15) is 0 Å². The van der Waals surface area contributed by atoms with Crippen molar-refractivity contribution in [3.05, 3.63) is 21.9 Å². The van der Waals surface area contributed by atoms with Crippen LogP contribution < -0.4 is 0 Å². The smallest absolute Gasteiger partial charge is 0.254 e. The maximum atomic E-state index is 12.0. The van der Waals surface area contributed by atoms with Crippen LogP contribution in [0.1, 0.15) is 35.5 Å². The summed E-state index contributed by atoms with van der Waals surface area (Å²) in [5.41, 5.74) is 0.701. The number of rotatable bonds is 4. The lowest BCUT2D eigenvalue weighted by atomic mass is 10.2. The number of thiophene rings is 1. The molecule has 0 atom stereocenters. The lowest BCUT2D eigenvalue weighted by molar-refractivity contribution is 0.0773. The van der Waals surface area contributed by atoms with E-state index < -0.39 is 0 Å². The van der Waals surface area contributed by atoms with Gasteiger partial charge in [0, 0.05) is 24.9 Å². The number of hydrogen-bond donors (Lipinski definition) is 1. The molecule has 0 aromatic carbocycles. The summed E-state index contributed by atoms with van der Waals surface area (Å²) in [4.78, 5) is 14.6. The Labute approximate surface area is 106 Å². The molecule has 0 bridgehead atoms. The molecule has 0 radical (unpaired) electrons. The van der Waals surface area contributed by atoms with Crippen molar-refractivity contribution in [3.63, 3.8) is 0 Å². The first-order valence-corrected chi connectivity index (χ1v) is 6.58. The molecule has 0 aliphatic heterocycles. The molecule has 92 valence electrons. The Kier molecular flexibility index (Phi) is 5.75. The summed E-state index contributed by atoms with van der Waals surface area (Å²) >= 11 is 1.46. The van der Waals surface area contributed by atoms with Crippen LogP contribution in [0.4, 0.5) is 0 Å². The molecule has 0 aliphatic rings. The van der Waals surface area contributed by atoms with Crippen LogP contribution in [-0.4, -0.2) is 35.6 Å². The van der Waals surface area contributed by atoms with Gasteiger partial charge in [0.25, 0.3) is 5.91 Å². The van der Waals surface area contributed by atoms with E-state index in [2.05, 4.69) is 11.8 Å². The van der Waals surface area contributed by atoms with Gasteiger partial charge in [-0.25, -0.2) is 0 Å². The summed E-state index contributed by atoms with van der Waals surface area (Å²) in [5, 5.41) is 10.5. The number of nitrogens with zero attached hydrogens (tertiary/aromatic N) is 1.